The van der Waals surface area contributed by atoms with Crippen LogP contribution in [0.25, 0.3) is 12.2 Å². The van der Waals surface area contributed by atoms with E-state index >= 15 is 0 Å². The van der Waals surface area contributed by atoms with Crippen molar-refractivity contribution in [2.24, 2.45) is 0 Å². The molecule has 0 unspecified atom stereocenters. The maximum absolute atomic E-state index is 6.01. The average Bonchev–Trinajstić information content (AvgIpc) is 2.62. The summed E-state index contributed by atoms with van der Waals surface area (Å²) in [6, 6.07) is 15.5. The number of benzene rings is 2. The Hall–Kier alpha value is -3.34. The molecule has 0 aliphatic rings. The third kappa shape index (κ3) is 4.14. The number of rotatable bonds is 5. The van der Waals surface area contributed by atoms with Gasteiger partial charge in [0.25, 0.3) is 0 Å². The molecule has 5 nitrogen and oxygen atoms in total. The van der Waals surface area contributed by atoms with E-state index in [1.165, 1.54) is 6.33 Å². The van der Waals surface area contributed by atoms with Crippen LogP contribution in [0.3, 0.4) is 0 Å². The Balaban J connectivity index is 1.88. The predicted molar refractivity (Wildman–Crippen MR) is 99.6 cm³/mol. The van der Waals surface area contributed by atoms with Crippen LogP contribution in [0.2, 0.25) is 0 Å². The summed E-state index contributed by atoms with van der Waals surface area (Å²) in [6.07, 6.45) is 5.17. The molecule has 5 heteroatoms. The first-order chi connectivity index (χ1) is 12.2. The minimum atomic E-state index is 0.363. The quantitative estimate of drug-likeness (QED) is 0.752. The fourth-order valence-electron chi connectivity index (χ4n) is 2.32. The molecule has 1 aromatic heterocycles. The summed E-state index contributed by atoms with van der Waals surface area (Å²) in [5.41, 5.74) is 8.76. The number of nitrogens with two attached hydrogens (primary N) is 1. The Bertz CT molecular complexity index is 890. The van der Waals surface area contributed by atoms with Crippen molar-refractivity contribution in [3.8, 4) is 17.4 Å². The molecule has 0 saturated carbocycles. The van der Waals surface area contributed by atoms with E-state index in [2.05, 4.69) is 9.97 Å². The van der Waals surface area contributed by atoms with Gasteiger partial charge in [-0.2, -0.15) is 0 Å². The van der Waals surface area contributed by atoms with Crippen molar-refractivity contribution in [3.05, 3.63) is 71.5 Å². The van der Waals surface area contributed by atoms with Gasteiger partial charge in [0.05, 0.1) is 12.7 Å². The summed E-state index contributed by atoms with van der Waals surface area (Å²) < 4.78 is 11.1. The van der Waals surface area contributed by atoms with Gasteiger partial charge >= 0.3 is 0 Å². The Morgan fingerprint density at radius 3 is 2.48 bits per heavy atom. The van der Waals surface area contributed by atoms with Gasteiger partial charge in [-0.15, -0.1) is 0 Å². The average molecular weight is 333 g/mol. The van der Waals surface area contributed by atoms with Gasteiger partial charge in [0.1, 0.15) is 23.6 Å². The lowest BCUT2D eigenvalue weighted by Crippen LogP contribution is -1.99. The number of aromatic nitrogens is 2. The van der Waals surface area contributed by atoms with E-state index in [0.29, 0.717) is 23.0 Å². The Morgan fingerprint density at radius 2 is 1.76 bits per heavy atom. The van der Waals surface area contributed by atoms with Crippen molar-refractivity contribution >= 4 is 18.0 Å². The molecule has 0 bridgehead atoms. The van der Waals surface area contributed by atoms with Crippen LogP contribution in [0.5, 0.6) is 17.4 Å². The lowest BCUT2D eigenvalue weighted by atomic mass is 10.1. The zero-order chi connectivity index (χ0) is 17.6. The van der Waals surface area contributed by atoms with Crippen molar-refractivity contribution in [1.82, 2.24) is 9.97 Å². The van der Waals surface area contributed by atoms with E-state index in [-0.39, 0.29) is 0 Å². The molecular weight excluding hydrogens is 314 g/mol. The van der Waals surface area contributed by atoms with E-state index in [0.717, 1.165) is 16.9 Å². The lowest BCUT2D eigenvalue weighted by molar-refractivity contribution is 0.415. The minimum absolute atomic E-state index is 0.363. The van der Waals surface area contributed by atoms with Crippen LogP contribution in [-0.2, 0) is 0 Å². The van der Waals surface area contributed by atoms with Gasteiger partial charge in [0.2, 0.25) is 5.88 Å². The number of aryl methyl sites for hydroxylation is 1. The van der Waals surface area contributed by atoms with Crippen LogP contribution >= 0.6 is 0 Å². The fraction of sp³-hybridized carbons (Fsp3) is 0.100. The van der Waals surface area contributed by atoms with Crippen LogP contribution in [0, 0.1) is 6.92 Å². The molecule has 2 N–H and O–H groups in total. The first-order valence-corrected chi connectivity index (χ1v) is 7.83. The van der Waals surface area contributed by atoms with Crippen LogP contribution in [-0.4, -0.2) is 17.1 Å². The molecule has 0 radical (unpaired) electrons. The highest BCUT2D eigenvalue weighted by Gasteiger charge is 2.09. The highest BCUT2D eigenvalue weighted by Crippen LogP contribution is 2.28. The highest BCUT2D eigenvalue weighted by molar-refractivity contribution is 5.77. The summed E-state index contributed by atoms with van der Waals surface area (Å²) >= 11 is 0. The van der Waals surface area contributed by atoms with Gasteiger partial charge in [-0.25, -0.2) is 9.97 Å². The molecule has 25 heavy (non-hydrogen) atoms. The third-order valence-electron chi connectivity index (χ3n) is 3.64. The molecule has 0 spiro atoms. The van der Waals surface area contributed by atoms with Crippen LogP contribution in [0.1, 0.15) is 16.7 Å². The lowest BCUT2D eigenvalue weighted by Gasteiger charge is -2.09. The normalized spacial score (nSPS) is 10.8. The largest absolute Gasteiger partial charge is 0.497 e. The maximum atomic E-state index is 6.01. The van der Waals surface area contributed by atoms with Crippen molar-refractivity contribution in [2.45, 2.75) is 6.92 Å². The van der Waals surface area contributed by atoms with E-state index in [4.69, 9.17) is 15.2 Å². The zero-order valence-corrected chi connectivity index (χ0v) is 14.1. The standard InChI is InChI=1S/C20H19N3O2/c1-14-4-3-5-17(12-14)25-20-18(19(21)22-13-23-20)11-8-15-6-9-16(24-2)10-7-15/h3-13H,1-2H3,(H2,21,22,23)/b11-8+. The summed E-state index contributed by atoms with van der Waals surface area (Å²) in [6.45, 7) is 2.01. The molecule has 1 heterocycles. The van der Waals surface area contributed by atoms with Crippen molar-refractivity contribution in [3.63, 3.8) is 0 Å². The molecule has 0 fully saturated rings. The van der Waals surface area contributed by atoms with Crippen molar-refractivity contribution in [2.75, 3.05) is 12.8 Å². The number of anilines is 1. The molecule has 2 aromatic carbocycles. The van der Waals surface area contributed by atoms with Gasteiger partial charge in [0, 0.05) is 0 Å². The predicted octanol–water partition coefficient (Wildman–Crippen LogP) is 4.34. The SMILES string of the molecule is COc1ccc(/C=C/c2c(N)ncnc2Oc2cccc(C)c2)cc1. The monoisotopic (exact) mass is 333 g/mol. The molecular formula is C20H19N3O2. The molecule has 0 aliphatic carbocycles. The van der Waals surface area contributed by atoms with Gasteiger partial charge in [0.15, 0.2) is 0 Å². The Kier molecular flexibility index (Phi) is 4.95. The van der Waals surface area contributed by atoms with E-state index < -0.39 is 0 Å². The molecule has 126 valence electrons. The Morgan fingerprint density at radius 1 is 0.960 bits per heavy atom. The van der Waals surface area contributed by atoms with Crippen molar-refractivity contribution in [1.29, 1.82) is 0 Å². The molecule has 3 aromatic rings. The topological polar surface area (TPSA) is 70.3 Å². The second-order valence-electron chi connectivity index (χ2n) is 5.50. The number of hydrogen-bond acceptors (Lipinski definition) is 5. The second kappa shape index (κ2) is 7.49. The van der Waals surface area contributed by atoms with Gasteiger partial charge in [-0.3, -0.25) is 0 Å². The molecule has 0 atom stereocenters. The zero-order valence-electron chi connectivity index (χ0n) is 14.1. The molecule has 0 amide bonds. The fourth-order valence-corrected chi connectivity index (χ4v) is 2.32. The number of nitrogen functional groups attached to an aromatic ring is 1. The van der Waals surface area contributed by atoms with Crippen LogP contribution in [0.15, 0.2) is 54.9 Å². The van der Waals surface area contributed by atoms with E-state index in [9.17, 15) is 0 Å². The summed E-state index contributed by atoms with van der Waals surface area (Å²) in [5.74, 6) is 2.30. The maximum Gasteiger partial charge on any atom is 0.231 e. The highest BCUT2D eigenvalue weighted by atomic mass is 16.5. The van der Waals surface area contributed by atoms with Gasteiger partial charge in [-0.1, -0.05) is 30.3 Å². The first kappa shape index (κ1) is 16.5. The summed E-state index contributed by atoms with van der Waals surface area (Å²) in [5, 5.41) is 0. The summed E-state index contributed by atoms with van der Waals surface area (Å²) in [4.78, 5) is 8.27. The summed E-state index contributed by atoms with van der Waals surface area (Å²) in [7, 11) is 1.64. The smallest absolute Gasteiger partial charge is 0.231 e. The first-order valence-electron chi connectivity index (χ1n) is 7.83. The number of ether oxygens (including phenoxy) is 2. The van der Waals surface area contributed by atoms with Crippen molar-refractivity contribution < 1.29 is 9.47 Å². The molecule has 0 saturated heterocycles. The van der Waals surface area contributed by atoms with Gasteiger partial charge in [-0.05, 0) is 48.4 Å². The number of hydrogen-bond donors (Lipinski definition) is 1. The number of nitrogens with zero attached hydrogens (tertiary/aromatic N) is 2. The van der Waals surface area contributed by atoms with E-state index in [1.54, 1.807) is 7.11 Å². The number of methoxy groups -OCH3 is 1. The minimum Gasteiger partial charge on any atom is -0.497 e. The van der Waals surface area contributed by atoms with Crippen LogP contribution in [0.4, 0.5) is 5.82 Å². The second-order valence-corrected chi connectivity index (χ2v) is 5.50. The third-order valence-corrected chi connectivity index (χ3v) is 3.64. The van der Waals surface area contributed by atoms with Crippen LogP contribution < -0.4 is 15.2 Å². The van der Waals surface area contributed by atoms with Gasteiger partial charge < -0.3 is 15.2 Å². The Labute approximate surface area is 146 Å². The molecule has 0 aliphatic heterocycles. The van der Waals surface area contributed by atoms with E-state index in [1.807, 2.05) is 67.6 Å². The molecule has 3 rings (SSSR count).